The second-order valence-electron chi connectivity index (χ2n) is 5.41. The van der Waals surface area contributed by atoms with Crippen LogP contribution in [-0.2, 0) is 4.79 Å². The molecule has 0 aromatic carbocycles. The Hall–Kier alpha value is -1.26. The molecular weight excluding hydrogens is 230 g/mol. The van der Waals surface area contributed by atoms with Gasteiger partial charge in [0.05, 0.1) is 6.67 Å². The Morgan fingerprint density at radius 3 is 2.50 bits per heavy atom. The maximum Gasteiger partial charge on any atom is 0.319 e. The van der Waals surface area contributed by atoms with Crippen molar-refractivity contribution >= 4 is 11.9 Å². The molecule has 3 amide bonds. The Labute approximate surface area is 110 Å². The summed E-state index contributed by atoms with van der Waals surface area (Å²) in [6.45, 7) is 9.56. The molecule has 0 unspecified atom stereocenters. The van der Waals surface area contributed by atoms with Crippen LogP contribution in [0.25, 0.3) is 0 Å². The fourth-order valence-electron chi connectivity index (χ4n) is 1.97. The van der Waals surface area contributed by atoms with Crippen LogP contribution in [0, 0.1) is 5.92 Å². The predicted molar refractivity (Wildman–Crippen MR) is 71.0 cm³/mol. The summed E-state index contributed by atoms with van der Waals surface area (Å²) in [5, 5.41) is 2.95. The van der Waals surface area contributed by atoms with E-state index >= 15 is 0 Å². The van der Waals surface area contributed by atoms with Crippen molar-refractivity contribution in [2.45, 2.75) is 46.6 Å². The summed E-state index contributed by atoms with van der Waals surface area (Å²) in [6, 6.07) is 0.0289. The molecule has 1 rings (SSSR count). The van der Waals surface area contributed by atoms with Gasteiger partial charge in [0.1, 0.15) is 6.54 Å². The van der Waals surface area contributed by atoms with Crippen LogP contribution < -0.4 is 5.32 Å². The number of carbonyl (C=O) groups excluding carboxylic acids is 2. The molecule has 0 bridgehead atoms. The Balaban J connectivity index is 2.35. The first-order valence-corrected chi connectivity index (χ1v) is 6.77. The number of likely N-dealkylation sites (N-methyl/N-ethyl adjacent to an activating group) is 1. The first-order chi connectivity index (χ1) is 8.43. The van der Waals surface area contributed by atoms with Crippen molar-refractivity contribution in [1.82, 2.24) is 15.1 Å². The first kappa shape index (κ1) is 14.8. The van der Waals surface area contributed by atoms with Crippen LogP contribution in [0.4, 0.5) is 4.79 Å². The molecule has 5 nitrogen and oxygen atoms in total. The molecule has 5 heteroatoms. The maximum atomic E-state index is 11.9. The third-order valence-electron chi connectivity index (χ3n) is 3.24. The van der Waals surface area contributed by atoms with E-state index in [4.69, 9.17) is 0 Å². The average Bonchev–Trinajstić information content (AvgIpc) is 2.68. The SMILES string of the molecule is CCN1CN(C(=O)N[C@@H](C)CCC(C)C)CC1=O. The highest BCUT2D eigenvalue weighted by Gasteiger charge is 2.29. The molecule has 1 aliphatic rings. The van der Waals surface area contributed by atoms with E-state index in [1.807, 2.05) is 13.8 Å². The van der Waals surface area contributed by atoms with Gasteiger partial charge >= 0.3 is 6.03 Å². The minimum Gasteiger partial charge on any atom is -0.335 e. The molecule has 0 spiro atoms. The van der Waals surface area contributed by atoms with E-state index in [9.17, 15) is 9.59 Å². The van der Waals surface area contributed by atoms with E-state index in [0.717, 1.165) is 12.8 Å². The average molecular weight is 255 g/mol. The molecule has 18 heavy (non-hydrogen) atoms. The minimum absolute atomic E-state index is 0.0301. The quantitative estimate of drug-likeness (QED) is 0.812. The molecule has 0 radical (unpaired) electrons. The fourth-order valence-corrected chi connectivity index (χ4v) is 1.97. The lowest BCUT2D eigenvalue weighted by atomic mass is 10.0. The van der Waals surface area contributed by atoms with Gasteiger partial charge in [0.15, 0.2) is 0 Å². The lowest BCUT2D eigenvalue weighted by Crippen LogP contribution is -2.43. The number of amides is 3. The Morgan fingerprint density at radius 1 is 1.33 bits per heavy atom. The fraction of sp³-hybridized carbons (Fsp3) is 0.846. The number of nitrogens with zero attached hydrogens (tertiary/aromatic N) is 2. The highest BCUT2D eigenvalue weighted by Crippen LogP contribution is 2.09. The maximum absolute atomic E-state index is 11.9. The van der Waals surface area contributed by atoms with Gasteiger partial charge in [-0.3, -0.25) is 9.69 Å². The van der Waals surface area contributed by atoms with E-state index in [1.165, 1.54) is 0 Å². The van der Waals surface area contributed by atoms with Gasteiger partial charge in [0.2, 0.25) is 5.91 Å². The van der Waals surface area contributed by atoms with Gasteiger partial charge in [-0.05, 0) is 32.6 Å². The lowest BCUT2D eigenvalue weighted by molar-refractivity contribution is -0.126. The Kier molecular flexibility index (Phi) is 5.44. The van der Waals surface area contributed by atoms with Gasteiger partial charge in [0, 0.05) is 12.6 Å². The van der Waals surface area contributed by atoms with Crippen molar-refractivity contribution in [1.29, 1.82) is 0 Å². The molecule has 0 aromatic rings. The van der Waals surface area contributed by atoms with Crippen LogP contribution >= 0.6 is 0 Å². The topological polar surface area (TPSA) is 52.6 Å². The van der Waals surface area contributed by atoms with Crippen molar-refractivity contribution in [3.8, 4) is 0 Å². The van der Waals surface area contributed by atoms with Gasteiger partial charge in [-0.2, -0.15) is 0 Å². The standard InChI is InChI=1S/C13H25N3O2/c1-5-15-9-16(8-12(15)17)13(18)14-11(4)7-6-10(2)3/h10-11H,5-9H2,1-4H3,(H,14,18)/t11-/m0/s1. The number of carbonyl (C=O) groups is 2. The predicted octanol–water partition coefficient (Wildman–Crippen LogP) is 1.64. The van der Waals surface area contributed by atoms with E-state index < -0.39 is 0 Å². The lowest BCUT2D eigenvalue weighted by Gasteiger charge is -2.21. The van der Waals surface area contributed by atoms with Crippen molar-refractivity contribution in [3.63, 3.8) is 0 Å². The zero-order valence-electron chi connectivity index (χ0n) is 11.9. The molecule has 0 saturated carbocycles. The molecule has 104 valence electrons. The summed E-state index contributed by atoms with van der Waals surface area (Å²) in [6.07, 6.45) is 2.07. The summed E-state index contributed by atoms with van der Waals surface area (Å²) in [5.74, 6) is 0.677. The van der Waals surface area contributed by atoms with E-state index in [-0.39, 0.29) is 24.5 Å². The van der Waals surface area contributed by atoms with Gasteiger partial charge in [-0.25, -0.2) is 4.79 Å². The molecule has 0 aliphatic carbocycles. The number of urea groups is 1. The highest BCUT2D eigenvalue weighted by molar-refractivity contribution is 5.87. The molecule has 1 N–H and O–H groups in total. The normalized spacial score (nSPS) is 17.5. The van der Waals surface area contributed by atoms with Crippen LogP contribution in [0.3, 0.4) is 0 Å². The summed E-state index contributed by atoms with van der Waals surface area (Å²) in [7, 11) is 0. The van der Waals surface area contributed by atoms with Gasteiger partial charge in [-0.15, -0.1) is 0 Å². The molecule has 1 aliphatic heterocycles. The van der Waals surface area contributed by atoms with Crippen molar-refractivity contribution in [2.24, 2.45) is 5.92 Å². The second kappa shape index (κ2) is 6.61. The van der Waals surface area contributed by atoms with Crippen molar-refractivity contribution < 1.29 is 9.59 Å². The van der Waals surface area contributed by atoms with E-state index in [0.29, 0.717) is 19.1 Å². The number of nitrogens with one attached hydrogen (secondary N) is 1. The largest absolute Gasteiger partial charge is 0.335 e. The highest BCUT2D eigenvalue weighted by atomic mass is 16.2. The Bertz CT molecular complexity index is 305. The molecule has 1 atom stereocenters. The van der Waals surface area contributed by atoms with Crippen LogP contribution in [0.15, 0.2) is 0 Å². The zero-order chi connectivity index (χ0) is 13.7. The summed E-state index contributed by atoms with van der Waals surface area (Å²) >= 11 is 0. The molecule has 0 aromatic heterocycles. The minimum atomic E-state index is -0.129. The zero-order valence-corrected chi connectivity index (χ0v) is 11.9. The van der Waals surface area contributed by atoms with Crippen molar-refractivity contribution in [2.75, 3.05) is 19.8 Å². The number of rotatable bonds is 5. The van der Waals surface area contributed by atoms with Gasteiger partial charge in [-0.1, -0.05) is 13.8 Å². The third kappa shape index (κ3) is 4.20. The number of hydrogen-bond donors (Lipinski definition) is 1. The molecule has 1 heterocycles. The molecule has 1 saturated heterocycles. The monoisotopic (exact) mass is 255 g/mol. The van der Waals surface area contributed by atoms with Crippen LogP contribution in [0.1, 0.15) is 40.5 Å². The van der Waals surface area contributed by atoms with Gasteiger partial charge in [0.25, 0.3) is 0 Å². The van der Waals surface area contributed by atoms with Crippen LogP contribution in [0.2, 0.25) is 0 Å². The summed E-state index contributed by atoms with van der Waals surface area (Å²) in [5.41, 5.74) is 0. The smallest absolute Gasteiger partial charge is 0.319 e. The van der Waals surface area contributed by atoms with E-state index in [2.05, 4.69) is 19.2 Å². The van der Waals surface area contributed by atoms with Gasteiger partial charge < -0.3 is 10.2 Å². The number of hydrogen-bond acceptors (Lipinski definition) is 2. The summed E-state index contributed by atoms with van der Waals surface area (Å²) < 4.78 is 0. The third-order valence-corrected chi connectivity index (χ3v) is 3.24. The van der Waals surface area contributed by atoms with Crippen LogP contribution in [0.5, 0.6) is 0 Å². The second-order valence-corrected chi connectivity index (χ2v) is 5.41. The molecule has 1 fully saturated rings. The Morgan fingerprint density at radius 2 is 2.00 bits per heavy atom. The van der Waals surface area contributed by atoms with Crippen molar-refractivity contribution in [3.05, 3.63) is 0 Å². The van der Waals surface area contributed by atoms with Crippen LogP contribution in [-0.4, -0.2) is 47.5 Å². The first-order valence-electron chi connectivity index (χ1n) is 6.77. The van der Waals surface area contributed by atoms with E-state index in [1.54, 1.807) is 9.80 Å². The summed E-state index contributed by atoms with van der Waals surface area (Å²) in [4.78, 5) is 26.7. The molecular formula is C13H25N3O2.